The first-order chi connectivity index (χ1) is 19.0. The number of likely N-dealkylation sites (tertiary alicyclic amines) is 1. The van der Waals surface area contributed by atoms with Gasteiger partial charge in [-0.3, -0.25) is 14.6 Å². The van der Waals surface area contributed by atoms with Gasteiger partial charge in [-0.05, 0) is 47.4 Å². The molecule has 2 fully saturated rings. The van der Waals surface area contributed by atoms with Crippen LogP contribution in [0.2, 0.25) is 0 Å². The van der Waals surface area contributed by atoms with E-state index in [4.69, 9.17) is 9.47 Å². The number of nitrogens with zero attached hydrogens (tertiary/aromatic N) is 2. The summed E-state index contributed by atoms with van der Waals surface area (Å²) in [6, 6.07) is 17.8. The normalized spacial score (nSPS) is 19.4. The van der Waals surface area contributed by atoms with E-state index >= 15 is 0 Å². The Hall–Kier alpha value is -4.01. The number of aromatic nitrogens is 1. The van der Waals surface area contributed by atoms with Gasteiger partial charge in [-0.1, -0.05) is 48.2 Å². The van der Waals surface area contributed by atoms with Gasteiger partial charge in [-0.2, -0.15) is 0 Å². The third-order valence-corrected chi connectivity index (χ3v) is 7.33. The van der Waals surface area contributed by atoms with Crippen LogP contribution in [-0.4, -0.2) is 61.0 Å². The molecule has 0 saturated carbocycles. The number of amides is 1. The maximum absolute atomic E-state index is 13.8. The molecule has 0 bridgehead atoms. The van der Waals surface area contributed by atoms with Gasteiger partial charge in [-0.15, -0.1) is 0 Å². The summed E-state index contributed by atoms with van der Waals surface area (Å²) < 4.78 is 11.4. The molecule has 3 heterocycles. The number of nitrogens with one attached hydrogen (secondary N) is 1. The quantitative estimate of drug-likeness (QED) is 0.257. The van der Waals surface area contributed by atoms with Crippen LogP contribution in [0.15, 0.2) is 78.6 Å². The molecule has 1 aromatic heterocycles. The molecule has 3 aromatic rings. The van der Waals surface area contributed by atoms with Crippen LogP contribution in [0.5, 0.6) is 5.75 Å². The van der Waals surface area contributed by atoms with Crippen LogP contribution in [0.1, 0.15) is 34.7 Å². The average Bonchev–Trinajstić information content (AvgIpc) is 3.23. The molecule has 1 N–H and O–H groups in total. The Morgan fingerprint density at radius 2 is 1.90 bits per heavy atom. The number of carbonyl (C=O) groups excluding carboxylic acids is 2. The molecule has 8 nitrogen and oxygen atoms in total. The topological polar surface area (TPSA) is 96.2 Å². The first-order valence-electron chi connectivity index (χ1n) is 13.4. The summed E-state index contributed by atoms with van der Waals surface area (Å²) in [4.78, 5) is 33.6. The van der Waals surface area contributed by atoms with Crippen LogP contribution in [0.3, 0.4) is 0 Å². The number of ketones is 1. The Bertz CT molecular complexity index is 1340. The lowest BCUT2D eigenvalue weighted by Gasteiger charge is -2.28. The molecule has 1 unspecified atom stereocenters. The van der Waals surface area contributed by atoms with Gasteiger partial charge in [0.1, 0.15) is 25.4 Å². The summed E-state index contributed by atoms with van der Waals surface area (Å²) >= 11 is 0. The van der Waals surface area contributed by atoms with E-state index in [-0.39, 0.29) is 5.57 Å². The minimum absolute atomic E-state index is 0.0240. The molecule has 2 aliphatic rings. The second-order valence-corrected chi connectivity index (χ2v) is 9.98. The van der Waals surface area contributed by atoms with Gasteiger partial charge in [-0.25, -0.2) is 0 Å². The van der Waals surface area contributed by atoms with E-state index in [0.717, 1.165) is 50.4 Å². The van der Waals surface area contributed by atoms with E-state index in [1.807, 2.05) is 43.3 Å². The SMILES string of the molecule is Cc1cc(/C([O-])=C2\C(=O)C(=O)N(CCC[NH+]3CCOCC3)C2c2cccnc2)ccc1OCc1ccccc1. The molecule has 2 aromatic carbocycles. The molecule has 2 saturated heterocycles. The number of morpholine rings is 1. The van der Waals surface area contributed by atoms with Gasteiger partial charge in [0.15, 0.2) is 0 Å². The van der Waals surface area contributed by atoms with Crippen LogP contribution in [-0.2, 0) is 20.9 Å². The summed E-state index contributed by atoms with van der Waals surface area (Å²) in [7, 11) is 0. The van der Waals surface area contributed by atoms with Crippen molar-refractivity contribution in [3.8, 4) is 5.75 Å². The van der Waals surface area contributed by atoms with Gasteiger partial charge in [0.05, 0.1) is 25.8 Å². The maximum atomic E-state index is 13.8. The molecule has 8 heteroatoms. The van der Waals surface area contributed by atoms with Crippen molar-refractivity contribution in [2.24, 2.45) is 0 Å². The number of ether oxygens (including phenoxy) is 2. The molecule has 2 aliphatic heterocycles. The van der Waals surface area contributed by atoms with Gasteiger partial charge in [0.2, 0.25) is 5.78 Å². The maximum Gasteiger partial charge on any atom is 0.295 e. The van der Waals surface area contributed by atoms with Crippen molar-refractivity contribution in [1.29, 1.82) is 0 Å². The van der Waals surface area contributed by atoms with Crippen molar-refractivity contribution >= 4 is 17.4 Å². The number of benzene rings is 2. The van der Waals surface area contributed by atoms with Crippen molar-refractivity contribution in [1.82, 2.24) is 9.88 Å². The first kappa shape index (κ1) is 26.6. The lowest BCUT2D eigenvalue weighted by Crippen LogP contribution is -3.14. The highest BCUT2D eigenvalue weighted by Gasteiger charge is 2.44. The van der Waals surface area contributed by atoms with E-state index in [0.29, 0.717) is 30.0 Å². The fraction of sp³-hybridized carbons (Fsp3) is 0.323. The van der Waals surface area contributed by atoms with Crippen molar-refractivity contribution in [3.05, 3.63) is 101 Å². The van der Waals surface area contributed by atoms with Gasteiger partial charge < -0.3 is 24.4 Å². The Morgan fingerprint density at radius 1 is 1.10 bits per heavy atom. The summed E-state index contributed by atoms with van der Waals surface area (Å²) in [6.45, 7) is 6.85. The van der Waals surface area contributed by atoms with E-state index in [1.165, 1.54) is 9.80 Å². The van der Waals surface area contributed by atoms with Gasteiger partial charge in [0, 0.05) is 30.9 Å². The predicted octanol–water partition coefficient (Wildman–Crippen LogP) is 1.50. The Kier molecular flexibility index (Phi) is 8.34. The standard InChI is InChI=1S/C31H33N3O5/c1-22-19-24(10-11-26(22)39-21-23-7-3-2-4-8-23)29(35)27-28(25-9-5-12-32-20-25)34(31(37)30(27)36)14-6-13-33-15-17-38-18-16-33/h2-5,7-12,19-20,28,35H,6,13-18,21H2,1H3/b29-27+. The Labute approximate surface area is 228 Å². The minimum Gasteiger partial charge on any atom is -0.872 e. The number of aryl methyl sites for hydroxylation is 1. The monoisotopic (exact) mass is 527 g/mol. The molecule has 0 aliphatic carbocycles. The van der Waals surface area contributed by atoms with Crippen molar-refractivity contribution in [2.75, 3.05) is 39.4 Å². The highest BCUT2D eigenvalue weighted by molar-refractivity contribution is 6.46. The number of Topliss-reactive ketones (excluding diaryl/α,β-unsaturated/α-hetero) is 1. The van der Waals surface area contributed by atoms with Crippen molar-refractivity contribution in [2.45, 2.75) is 26.0 Å². The molecule has 1 amide bonds. The molecule has 0 spiro atoms. The van der Waals surface area contributed by atoms with Crippen LogP contribution in [0, 0.1) is 6.92 Å². The zero-order valence-corrected chi connectivity index (χ0v) is 22.1. The smallest absolute Gasteiger partial charge is 0.295 e. The second kappa shape index (κ2) is 12.2. The highest BCUT2D eigenvalue weighted by Crippen LogP contribution is 2.38. The number of pyridine rings is 1. The number of hydrogen-bond acceptors (Lipinski definition) is 6. The second-order valence-electron chi connectivity index (χ2n) is 9.98. The van der Waals surface area contributed by atoms with E-state index < -0.39 is 23.5 Å². The largest absolute Gasteiger partial charge is 0.872 e. The molecule has 1 atom stereocenters. The summed E-state index contributed by atoms with van der Waals surface area (Å²) in [6.07, 6.45) is 3.97. The molecule has 39 heavy (non-hydrogen) atoms. The predicted molar refractivity (Wildman–Crippen MR) is 144 cm³/mol. The minimum atomic E-state index is -0.764. The Morgan fingerprint density at radius 3 is 2.62 bits per heavy atom. The van der Waals surface area contributed by atoms with Gasteiger partial charge >= 0.3 is 0 Å². The third kappa shape index (κ3) is 6.02. The molecular weight excluding hydrogens is 494 g/mol. The van der Waals surface area contributed by atoms with Crippen LogP contribution in [0.4, 0.5) is 0 Å². The number of carbonyl (C=O) groups is 2. The first-order valence-corrected chi connectivity index (χ1v) is 13.4. The summed E-state index contributed by atoms with van der Waals surface area (Å²) in [5.74, 6) is -1.16. The highest BCUT2D eigenvalue weighted by atomic mass is 16.5. The average molecular weight is 528 g/mol. The zero-order valence-electron chi connectivity index (χ0n) is 22.1. The number of quaternary nitrogens is 1. The number of hydrogen-bond donors (Lipinski definition) is 1. The lowest BCUT2D eigenvalue weighted by molar-refractivity contribution is -0.908. The number of rotatable bonds is 9. The molecule has 0 radical (unpaired) electrons. The molecular formula is C31H33N3O5. The van der Waals surface area contributed by atoms with Crippen molar-refractivity contribution < 1.29 is 29.1 Å². The van der Waals surface area contributed by atoms with Crippen molar-refractivity contribution in [3.63, 3.8) is 0 Å². The zero-order chi connectivity index (χ0) is 27.2. The van der Waals surface area contributed by atoms with Gasteiger partial charge in [0.25, 0.3) is 5.91 Å². The molecule has 202 valence electrons. The summed E-state index contributed by atoms with van der Waals surface area (Å²) in [5.41, 5.74) is 2.79. The van der Waals surface area contributed by atoms with Crippen LogP contribution < -0.4 is 14.7 Å². The van der Waals surface area contributed by atoms with Crippen LogP contribution >= 0.6 is 0 Å². The van der Waals surface area contributed by atoms with Crippen LogP contribution in [0.25, 0.3) is 5.76 Å². The summed E-state index contributed by atoms with van der Waals surface area (Å²) in [5, 5.41) is 13.8. The fourth-order valence-electron chi connectivity index (χ4n) is 5.24. The Balaban J connectivity index is 1.40. The third-order valence-electron chi connectivity index (χ3n) is 7.33. The van der Waals surface area contributed by atoms with E-state index in [1.54, 1.807) is 36.7 Å². The fourth-order valence-corrected chi connectivity index (χ4v) is 5.24. The molecule has 5 rings (SSSR count). The lowest BCUT2D eigenvalue weighted by atomic mass is 9.95. The van der Waals surface area contributed by atoms with E-state index in [2.05, 4.69) is 4.98 Å². The van der Waals surface area contributed by atoms with E-state index in [9.17, 15) is 14.7 Å².